The average Bonchev–Trinajstić information content (AvgIpc) is 1.68. The maximum atomic E-state index is 8.09. The van der Waals surface area contributed by atoms with Crippen LogP contribution < -0.4 is 0 Å². The number of hydrogen-bond acceptors (Lipinski definition) is 1. The molecule has 0 saturated heterocycles. The standard InChI is InChI=1S/C6H7N2/c1-6(3-4-7)5-8-2/h3,5H2,1H3/q-1. The molecular weight excluding hydrogens is 100 g/mol. The van der Waals surface area contributed by atoms with Crippen molar-refractivity contribution in [2.75, 3.05) is 6.54 Å². The molecule has 42 valence electrons. The van der Waals surface area contributed by atoms with E-state index in [1.165, 1.54) is 0 Å². The summed E-state index contributed by atoms with van der Waals surface area (Å²) in [6.45, 7) is 8.62. The minimum absolute atomic E-state index is 0.396. The molecule has 2 heteroatoms. The highest BCUT2D eigenvalue weighted by Gasteiger charge is 1.84. The van der Waals surface area contributed by atoms with E-state index in [0.717, 1.165) is 5.92 Å². The highest BCUT2D eigenvalue weighted by molar-refractivity contribution is 4.98. The third-order valence-electron chi connectivity index (χ3n) is 0.730. The van der Waals surface area contributed by atoms with Gasteiger partial charge in [-0.05, 0) is 0 Å². The normalized spacial score (nSPS) is 8.00. The summed E-state index contributed by atoms with van der Waals surface area (Å²) in [6.07, 6.45) is 0.419. The molecule has 0 heterocycles. The first-order valence-corrected chi connectivity index (χ1v) is 2.32. The first kappa shape index (κ1) is 6.98. The Kier molecular flexibility index (Phi) is 3.62. The third-order valence-corrected chi connectivity index (χ3v) is 0.730. The van der Waals surface area contributed by atoms with E-state index in [1.807, 2.05) is 13.0 Å². The fraction of sp³-hybridized carbons (Fsp3) is 0.500. The van der Waals surface area contributed by atoms with E-state index in [2.05, 4.69) is 4.85 Å². The van der Waals surface area contributed by atoms with Gasteiger partial charge in [-0.3, -0.25) is 0 Å². The van der Waals surface area contributed by atoms with Gasteiger partial charge in [-0.15, -0.1) is 0 Å². The molecule has 0 unspecified atom stereocenters. The van der Waals surface area contributed by atoms with Crippen LogP contribution >= 0.6 is 0 Å². The van der Waals surface area contributed by atoms with Crippen LogP contribution in [-0.4, -0.2) is 6.54 Å². The number of hydrogen-bond donors (Lipinski definition) is 0. The van der Waals surface area contributed by atoms with Crippen molar-refractivity contribution in [3.63, 3.8) is 0 Å². The molecule has 0 fully saturated rings. The summed E-state index contributed by atoms with van der Waals surface area (Å²) in [5.41, 5.74) is 0. The van der Waals surface area contributed by atoms with Crippen LogP contribution in [-0.2, 0) is 0 Å². The molecule has 8 heavy (non-hydrogen) atoms. The molecule has 0 atom stereocenters. The lowest BCUT2D eigenvalue weighted by Gasteiger charge is -2.08. The molecule has 0 aliphatic rings. The first-order chi connectivity index (χ1) is 3.81. The lowest BCUT2D eigenvalue weighted by molar-refractivity contribution is 0.967. The molecule has 0 aliphatic carbocycles. The zero-order valence-electron chi connectivity index (χ0n) is 4.81. The van der Waals surface area contributed by atoms with Crippen molar-refractivity contribution in [3.05, 3.63) is 17.3 Å². The molecule has 0 aliphatic heterocycles. The summed E-state index contributed by atoms with van der Waals surface area (Å²) in [5.74, 6) is 0.947. The van der Waals surface area contributed by atoms with Crippen molar-refractivity contribution >= 4 is 0 Å². The van der Waals surface area contributed by atoms with E-state index in [9.17, 15) is 0 Å². The zero-order valence-corrected chi connectivity index (χ0v) is 4.81. The number of nitriles is 1. The molecule has 0 saturated carbocycles. The quantitative estimate of drug-likeness (QED) is 0.490. The Morgan fingerprint density at radius 3 is 2.88 bits per heavy atom. The predicted molar refractivity (Wildman–Crippen MR) is 30.6 cm³/mol. The van der Waals surface area contributed by atoms with Crippen molar-refractivity contribution in [3.8, 4) is 6.07 Å². The minimum Gasteiger partial charge on any atom is -0.351 e. The summed E-state index contributed by atoms with van der Waals surface area (Å²) in [7, 11) is 0. The van der Waals surface area contributed by atoms with E-state index < -0.39 is 0 Å². The van der Waals surface area contributed by atoms with Gasteiger partial charge >= 0.3 is 0 Å². The molecule has 0 rings (SSSR count). The van der Waals surface area contributed by atoms with Crippen molar-refractivity contribution in [2.24, 2.45) is 0 Å². The maximum absolute atomic E-state index is 8.09. The summed E-state index contributed by atoms with van der Waals surface area (Å²) in [4.78, 5) is 3.12. The van der Waals surface area contributed by atoms with Crippen LogP contribution in [0.2, 0.25) is 0 Å². The Balaban J connectivity index is 3.25. The smallest absolute Gasteiger partial charge is 0.104 e. The van der Waals surface area contributed by atoms with E-state index >= 15 is 0 Å². The van der Waals surface area contributed by atoms with Crippen LogP contribution in [0.25, 0.3) is 4.85 Å². The van der Waals surface area contributed by atoms with Crippen LogP contribution in [0.5, 0.6) is 0 Å². The van der Waals surface area contributed by atoms with Crippen LogP contribution in [0.4, 0.5) is 0 Å². The Morgan fingerprint density at radius 2 is 2.50 bits per heavy atom. The molecule has 2 nitrogen and oxygen atoms in total. The van der Waals surface area contributed by atoms with Crippen LogP contribution in [0.1, 0.15) is 13.3 Å². The Bertz CT molecular complexity index is 110. The number of rotatable bonds is 2. The largest absolute Gasteiger partial charge is 0.351 e. The molecule has 0 amide bonds. The second kappa shape index (κ2) is 4.15. The Morgan fingerprint density at radius 1 is 1.88 bits per heavy atom. The molecule has 0 aromatic carbocycles. The molecule has 0 bridgehead atoms. The van der Waals surface area contributed by atoms with Gasteiger partial charge in [-0.25, -0.2) is 17.8 Å². The van der Waals surface area contributed by atoms with Gasteiger partial charge in [0, 0.05) is 6.07 Å². The third kappa shape index (κ3) is 3.18. The van der Waals surface area contributed by atoms with Gasteiger partial charge in [0.25, 0.3) is 0 Å². The summed E-state index contributed by atoms with van der Waals surface area (Å²) in [6, 6.07) is 1.97. The summed E-state index contributed by atoms with van der Waals surface area (Å²) < 4.78 is 0. The van der Waals surface area contributed by atoms with E-state index in [4.69, 9.17) is 11.8 Å². The van der Waals surface area contributed by atoms with E-state index in [0.29, 0.717) is 13.0 Å². The maximum Gasteiger partial charge on any atom is 0.104 e. The van der Waals surface area contributed by atoms with Crippen LogP contribution in [0.15, 0.2) is 0 Å². The Labute approximate surface area is 49.6 Å². The monoisotopic (exact) mass is 107 g/mol. The van der Waals surface area contributed by atoms with E-state index in [-0.39, 0.29) is 0 Å². The topological polar surface area (TPSA) is 28.1 Å². The molecular formula is C6H7N2-. The molecule has 0 aromatic rings. The van der Waals surface area contributed by atoms with Gasteiger partial charge < -0.3 is 4.85 Å². The average molecular weight is 107 g/mol. The van der Waals surface area contributed by atoms with Crippen molar-refractivity contribution in [1.82, 2.24) is 0 Å². The van der Waals surface area contributed by atoms with Gasteiger partial charge in [0.15, 0.2) is 0 Å². The van der Waals surface area contributed by atoms with E-state index in [1.54, 1.807) is 0 Å². The second-order valence-corrected chi connectivity index (χ2v) is 1.61. The fourth-order valence-electron chi connectivity index (χ4n) is 0.326. The minimum atomic E-state index is 0.396. The highest BCUT2D eigenvalue weighted by atomic mass is 14.6. The lowest BCUT2D eigenvalue weighted by atomic mass is 10.1. The summed E-state index contributed by atoms with van der Waals surface area (Å²) >= 11 is 0. The Hall–Kier alpha value is -1.02. The van der Waals surface area contributed by atoms with Gasteiger partial charge in [0.1, 0.15) is 6.54 Å². The number of nitrogens with zero attached hydrogens (tertiary/aromatic N) is 2. The molecule has 0 spiro atoms. The van der Waals surface area contributed by atoms with Crippen molar-refractivity contribution < 1.29 is 0 Å². The predicted octanol–water partition coefficient (Wildman–Crippen LogP) is 1.41. The van der Waals surface area contributed by atoms with Crippen molar-refractivity contribution in [1.29, 1.82) is 5.26 Å². The highest BCUT2D eigenvalue weighted by Crippen LogP contribution is 2.01. The van der Waals surface area contributed by atoms with Gasteiger partial charge in [-0.2, -0.15) is 6.92 Å². The van der Waals surface area contributed by atoms with Gasteiger partial charge in [0.2, 0.25) is 0 Å². The molecule has 0 N–H and O–H groups in total. The second-order valence-electron chi connectivity index (χ2n) is 1.61. The van der Waals surface area contributed by atoms with Crippen molar-refractivity contribution in [2.45, 2.75) is 13.3 Å². The molecule has 0 radical (unpaired) electrons. The first-order valence-electron chi connectivity index (χ1n) is 2.32. The van der Waals surface area contributed by atoms with Crippen LogP contribution in [0, 0.1) is 23.8 Å². The van der Waals surface area contributed by atoms with Gasteiger partial charge in [-0.1, -0.05) is 6.42 Å². The lowest BCUT2D eigenvalue weighted by Crippen LogP contribution is -1.91. The van der Waals surface area contributed by atoms with Gasteiger partial charge in [0.05, 0.1) is 0 Å². The summed E-state index contributed by atoms with van der Waals surface area (Å²) in [5, 5.41) is 8.09. The fourth-order valence-corrected chi connectivity index (χ4v) is 0.326. The molecule has 0 aromatic heterocycles. The zero-order chi connectivity index (χ0) is 6.41. The van der Waals surface area contributed by atoms with Crippen LogP contribution in [0.3, 0.4) is 0 Å². The SMILES string of the molecule is [C-]#[N+]C[C-](C)CC#N.